The molecule has 4 rings (SSSR count). The van der Waals surface area contributed by atoms with E-state index in [0.29, 0.717) is 25.3 Å². The lowest BCUT2D eigenvalue weighted by Gasteiger charge is -2.10. The second kappa shape index (κ2) is 8.67. The molecule has 1 amide bonds. The van der Waals surface area contributed by atoms with Crippen molar-refractivity contribution in [2.45, 2.75) is 19.7 Å². The van der Waals surface area contributed by atoms with Crippen molar-refractivity contribution in [3.63, 3.8) is 0 Å². The predicted molar refractivity (Wildman–Crippen MR) is 111 cm³/mol. The maximum atomic E-state index is 12.5. The molecule has 6 nitrogen and oxygen atoms in total. The molecule has 1 aromatic heterocycles. The molecule has 1 heterocycles. The molecule has 0 unspecified atom stereocenters. The number of carbonyl (C=O) groups excluding carboxylic acids is 1. The molecular weight excluding hydrogens is 364 g/mol. The fraction of sp³-hybridized carbons (Fsp3) is 0.174. The molecular formula is C23H22N4O2. The molecule has 0 spiro atoms. The molecule has 3 aromatic carbocycles. The monoisotopic (exact) mass is 386 g/mol. The molecule has 0 atom stereocenters. The Bertz CT molecular complexity index is 1120. The molecule has 0 aliphatic heterocycles. The van der Waals surface area contributed by atoms with Crippen molar-refractivity contribution in [2.24, 2.45) is 0 Å². The van der Waals surface area contributed by atoms with Crippen LogP contribution in [0.5, 0.6) is 0 Å². The standard InChI is InChI=1S/C23H22N4O2/c1-29-16-20-7-3-2-6-19(20)14-24-23(28)18-12-10-17(11-13-18)15-27-22-9-5-4-8-21(22)25-26-27/h2-13H,14-16H2,1H3,(H,24,28). The lowest BCUT2D eigenvalue weighted by Crippen LogP contribution is -2.23. The Kier molecular flexibility index (Phi) is 5.63. The Labute approximate surface area is 169 Å². The summed E-state index contributed by atoms with van der Waals surface area (Å²) in [7, 11) is 1.67. The lowest BCUT2D eigenvalue weighted by atomic mass is 10.1. The van der Waals surface area contributed by atoms with Crippen LogP contribution in [0.2, 0.25) is 0 Å². The van der Waals surface area contributed by atoms with E-state index in [2.05, 4.69) is 15.6 Å². The van der Waals surface area contributed by atoms with Crippen molar-refractivity contribution in [1.29, 1.82) is 0 Å². The summed E-state index contributed by atoms with van der Waals surface area (Å²) in [6.45, 7) is 1.59. The van der Waals surface area contributed by atoms with Gasteiger partial charge in [-0.2, -0.15) is 0 Å². The van der Waals surface area contributed by atoms with Crippen molar-refractivity contribution >= 4 is 16.9 Å². The minimum absolute atomic E-state index is 0.102. The number of hydrogen-bond acceptors (Lipinski definition) is 4. The summed E-state index contributed by atoms with van der Waals surface area (Å²) < 4.78 is 7.08. The van der Waals surface area contributed by atoms with Crippen molar-refractivity contribution in [1.82, 2.24) is 20.3 Å². The molecule has 0 saturated carbocycles. The van der Waals surface area contributed by atoms with Gasteiger partial charge in [0.2, 0.25) is 0 Å². The van der Waals surface area contributed by atoms with Gasteiger partial charge in [0.15, 0.2) is 0 Å². The maximum absolute atomic E-state index is 12.5. The van der Waals surface area contributed by atoms with Gasteiger partial charge in [-0.15, -0.1) is 5.10 Å². The zero-order chi connectivity index (χ0) is 20.1. The minimum Gasteiger partial charge on any atom is -0.380 e. The number of ether oxygens (including phenoxy) is 1. The molecule has 0 aliphatic carbocycles. The number of rotatable bonds is 7. The van der Waals surface area contributed by atoms with E-state index in [1.807, 2.05) is 77.5 Å². The minimum atomic E-state index is -0.102. The van der Waals surface area contributed by atoms with E-state index in [9.17, 15) is 4.79 Å². The Morgan fingerprint density at radius 3 is 2.48 bits per heavy atom. The fourth-order valence-electron chi connectivity index (χ4n) is 3.27. The number of benzene rings is 3. The Morgan fingerprint density at radius 2 is 1.69 bits per heavy atom. The molecule has 6 heteroatoms. The molecule has 0 aliphatic rings. The van der Waals surface area contributed by atoms with Crippen LogP contribution < -0.4 is 5.32 Å². The first kappa shape index (κ1) is 18.8. The van der Waals surface area contributed by atoms with Crippen LogP contribution in [0.3, 0.4) is 0 Å². The molecule has 0 bridgehead atoms. The van der Waals surface area contributed by atoms with E-state index in [0.717, 1.165) is 27.7 Å². The predicted octanol–water partition coefficient (Wildman–Crippen LogP) is 3.56. The number of hydrogen-bond donors (Lipinski definition) is 1. The van der Waals surface area contributed by atoms with E-state index >= 15 is 0 Å². The zero-order valence-electron chi connectivity index (χ0n) is 16.2. The molecule has 29 heavy (non-hydrogen) atoms. The number of fused-ring (bicyclic) bond motifs is 1. The SMILES string of the molecule is COCc1ccccc1CNC(=O)c1ccc(Cn2nnc3ccccc32)cc1. The summed E-state index contributed by atoms with van der Waals surface area (Å²) in [5.74, 6) is -0.102. The lowest BCUT2D eigenvalue weighted by molar-refractivity contribution is 0.0950. The van der Waals surface area contributed by atoms with E-state index in [1.54, 1.807) is 7.11 Å². The van der Waals surface area contributed by atoms with Crippen molar-refractivity contribution in [2.75, 3.05) is 7.11 Å². The number of methoxy groups -OCH3 is 1. The van der Waals surface area contributed by atoms with E-state index in [4.69, 9.17) is 4.74 Å². The van der Waals surface area contributed by atoms with Gasteiger partial charge in [-0.1, -0.05) is 53.7 Å². The number of para-hydroxylation sites is 1. The van der Waals surface area contributed by atoms with Gasteiger partial charge in [0.25, 0.3) is 5.91 Å². The topological polar surface area (TPSA) is 69.0 Å². The number of aromatic nitrogens is 3. The normalized spacial score (nSPS) is 10.9. The average Bonchev–Trinajstić information content (AvgIpc) is 3.16. The van der Waals surface area contributed by atoms with Crippen LogP contribution in [0.1, 0.15) is 27.0 Å². The highest BCUT2D eigenvalue weighted by Crippen LogP contribution is 2.14. The zero-order valence-corrected chi connectivity index (χ0v) is 16.2. The van der Waals surface area contributed by atoms with Crippen molar-refractivity contribution < 1.29 is 9.53 Å². The van der Waals surface area contributed by atoms with Gasteiger partial charge in [0.05, 0.1) is 18.7 Å². The summed E-state index contributed by atoms with van der Waals surface area (Å²) in [5, 5.41) is 11.4. The van der Waals surface area contributed by atoms with Crippen LogP contribution in [0, 0.1) is 0 Å². The molecule has 1 N–H and O–H groups in total. The summed E-state index contributed by atoms with van der Waals surface area (Å²) in [6.07, 6.45) is 0. The third kappa shape index (κ3) is 4.33. The third-order valence-electron chi connectivity index (χ3n) is 4.83. The second-order valence-corrected chi connectivity index (χ2v) is 6.82. The van der Waals surface area contributed by atoms with Gasteiger partial charge in [0, 0.05) is 19.2 Å². The largest absolute Gasteiger partial charge is 0.380 e. The Hall–Kier alpha value is -3.51. The van der Waals surface area contributed by atoms with Crippen LogP contribution in [0.4, 0.5) is 0 Å². The van der Waals surface area contributed by atoms with Crippen LogP contribution in [-0.2, 0) is 24.4 Å². The van der Waals surface area contributed by atoms with E-state index < -0.39 is 0 Å². The van der Waals surface area contributed by atoms with Gasteiger partial charge in [-0.25, -0.2) is 4.68 Å². The smallest absolute Gasteiger partial charge is 0.251 e. The summed E-state index contributed by atoms with van der Waals surface area (Å²) >= 11 is 0. The molecule has 146 valence electrons. The maximum Gasteiger partial charge on any atom is 0.251 e. The highest BCUT2D eigenvalue weighted by Gasteiger charge is 2.09. The quantitative estimate of drug-likeness (QED) is 0.527. The Balaban J connectivity index is 1.40. The van der Waals surface area contributed by atoms with Gasteiger partial charge < -0.3 is 10.1 Å². The first-order valence-corrected chi connectivity index (χ1v) is 9.45. The number of carbonyl (C=O) groups is 1. The van der Waals surface area contributed by atoms with Gasteiger partial charge in [0.1, 0.15) is 5.52 Å². The van der Waals surface area contributed by atoms with E-state index in [1.165, 1.54) is 0 Å². The number of nitrogens with one attached hydrogen (secondary N) is 1. The summed E-state index contributed by atoms with van der Waals surface area (Å²) in [4.78, 5) is 12.5. The van der Waals surface area contributed by atoms with Crippen LogP contribution in [0.15, 0.2) is 72.8 Å². The number of nitrogens with zero attached hydrogens (tertiary/aromatic N) is 3. The van der Waals surface area contributed by atoms with Crippen molar-refractivity contribution in [3.8, 4) is 0 Å². The first-order chi connectivity index (χ1) is 14.2. The molecule has 4 aromatic rings. The van der Waals surface area contributed by atoms with Gasteiger partial charge >= 0.3 is 0 Å². The average molecular weight is 386 g/mol. The molecule has 0 saturated heterocycles. The summed E-state index contributed by atoms with van der Waals surface area (Å²) in [5.41, 5.74) is 5.67. The highest BCUT2D eigenvalue weighted by atomic mass is 16.5. The first-order valence-electron chi connectivity index (χ1n) is 9.45. The second-order valence-electron chi connectivity index (χ2n) is 6.82. The van der Waals surface area contributed by atoms with Crippen LogP contribution in [0.25, 0.3) is 11.0 Å². The highest BCUT2D eigenvalue weighted by molar-refractivity contribution is 5.94. The van der Waals surface area contributed by atoms with E-state index in [-0.39, 0.29) is 5.91 Å². The summed E-state index contributed by atoms with van der Waals surface area (Å²) in [6, 6.07) is 23.4. The molecule has 0 radical (unpaired) electrons. The Morgan fingerprint density at radius 1 is 0.966 bits per heavy atom. The van der Waals surface area contributed by atoms with Gasteiger partial charge in [-0.3, -0.25) is 4.79 Å². The van der Waals surface area contributed by atoms with Crippen LogP contribution in [-0.4, -0.2) is 28.0 Å². The fourth-order valence-corrected chi connectivity index (χ4v) is 3.27. The van der Waals surface area contributed by atoms with Crippen LogP contribution >= 0.6 is 0 Å². The van der Waals surface area contributed by atoms with Crippen molar-refractivity contribution in [3.05, 3.63) is 95.1 Å². The third-order valence-corrected chi connectivity index (χ3v) is 4.83. The van der Waals surface area contributed by atoms with Gasteiger partial charge in [-0.05, 0) is 41.0 Å². The number of amides is 1. The molecule has 0 fully saturated rings.